The summed E-state index contributed by atoms with van der Waals surface area (Å²) >= 11 is 1.08. The minimum atomic E-state index is -0.132. The van der Waals surface area contributed by atoms with Gasteiger partial charge in [0, 0.05) is 26.2 Å². The van der Waals surface area contributed by atoms with Crippen molar-refractivity contribution in [2.45, 2.75) is 0 Å². The van der Waals surface area contributed by atoms with Crippen LogP contribution in [0.3, 0.4) is 0 Å². The number of nitrogens with zero attached hydrogens (tertiary/aromatic N) is 2. The quantitative estimate of drug-likeness (QED) is 0.620. The van der Waals surface area contributed by atoms with E-state index in [1.54, 1.807) is 0 Å². The fourth-order valence-corrected chi connectivity index (χ4v) is 2.18. The Morgan fingerprint density at radius 3 is 2.46 bits per heavy atom. The van der Waals surface area contributed by atoms with Gasteiger partial charge in [-0.05, 0) is 0 Å². The summed E-state index contributed by atoms with van der Waals surface area (Å²) in [5, 5.41) is 6.14. The highest BCUT2D eigenvalue weighted by Gasteiger charge is 2.35. The predicted octanol–water partition coefficient (Wildman–Crippen LogP) is -0.498. The van der Waals surface area contributed by atoms with Gasteiger partial charge in [0.25, 0.3) is 5.91 Å². The van der Waals surface area contributed by atoms with Crippen LogP contribution in [0.15, 0.2) is 0 Å². The molecule has 2 amide bonds. The lowest BCUT2D eigenvalue weighted by Crippen LogP contribution is -2.54. The Morgan fingerprint density at radius 1 is 1.23 bits per heavy atom. The molecule has 0 atom stereocenters. The van der Waals surface area contributed by atoms with Gasteiger partial charge in [0.2, 0.25) is 0 Å². The third kappa shape index (κ3) is 1.70. The standard InChI is InChI=1S/C7H11N3O2S/c11-6-5-13-7(12)10(6)9-3-1-8-2-4-9/h8H,1-5H2. The molecule has 0 radical (unpaired) electrons. The Hall–Kier alpha value is -0.590. The van der Waals surface area contributed by atoms with E-state index in [-0.39, 0.29) is 11.1 Å². The van der Waals surface area contributed by atoms with E-state index in [0.717, 1.165) is 37.9 Å². The molecule has 2 heterocycles. The highest BCUT2D eigenvalue weighted by atomic mass is 32.2. The molecule has 13 heavy (non-hydrogen) atoms. The lowest BCUT2D eigenvalue weighted by Gasteiger charge is -2.32. The van der Waals surface area contributed by atoms with Gasteiger partial charge in [-0.25, -0.2) is 5.01 Å². The van der Waals surface area contributed by atoms with Crippen LogP contribution < -0.4 is 5.32 Å². The summed E-state index contributed by atoms with van der Waals surface area (Å²) in [6, 6.07) is 0. The van der Waals surface area contributed by atoms with E-state index in [4.69, 9.17) is 0 Å². The number of amides is 2. The second-order valence-electron chi connectivity index (χ2n) is 2.96. The van der Waals surface area contributed by atoms with Gasteiger partial charge in [-0.1, -0.05) is 11.8 Å². The zero-order valence-corrected chi connectivity index (χ0v) is 7.97. The highest BCUT2D eigenvalue weighted by molar-refractivity contribution is 8.14. The Bertz CT molecular complexity index is 224. The number of nitrogens with one attached hydrogen (secondary N) is 1. The van der Waals surface area contributed by atoms with Gasteiger partial charge >= 0.3 is 5.24 Å². The molecule has 2 rings (SSSR count). The minimum absolute atomic E-state index is 0.0862. The van der Waals surface area contributed by atoms with E-state index in [0.29, 0.717) is 5.75 Å². The molecule has 5 nitrogen and oxygen atoms in total. The lowest BCUT2D eigenvalue weighted by molar-refractivity contribution is -0.137. The van der Waals surface area contributed by atoms with Crippen LogP contribution in [0, 0.1) is 0 Å². The molecule has 72 valence electrons. The van der Waals surface area contributed by atoms with Crippen molar-refractivity contribution in [2.75, 3.05) is 31.9 Å². The summed E-state index contributed by atoms with van der Waals surface area (Å²) in [6.45, 7) is 3.14. The van der Waals surface area contributed by atoms with E-state index < -0.39 is 0 Å². The second kappa shape index (κ2) is 3.65. The Kier molecular flexibility index (Phi) is 2.52. The van der Waals surface area contributed by atoms with E-state index in [1.807, 2.05) is 5.01 Å². The van der Waals surface area contributed by atoms with E-state index in [1.165, 1.54) is 5.01 Å². The summed E-state index contributed by atoms with van der Waals surface area (Å²) in [6.07, 6.45) is 0. The molecule has 1 N–H and O–H groups in total. The topological polar surface area (TPSA) is 52.7 Å². The second-order valence-corrected chi connectivity index (χ2v) is 3.89. The van der Waals surface area contributed by atoms with Crippen molar-refractivity contribution in [3.63, 3.8) is 0 Å². The average Bonchev–Trinajstić information content (AvgIpc) is 2.48. The average molecular weight is 201 g/mol. The number of thioether (sulfide) groups is 1. The van der Waals surface area contributed by atoms with Crippen LogP contribution in [0.5, 0.6) is 0 Å². The van der Waals surface area contributed by atoms with E-state index in [9.17, 15) is 9.59 Å². The Morgan fingerprint density at radius 2 is 1.92 bits per heavy atom. The maximum absolute atomic E-state index is 11.3. The number of hydrogen-bond donors (Lipinski definition) is 1. The molecule has 0 saturated carbocycles. The van der Waals surface area contributed by atoms with Gasteiger partial charge < -0.3 is 5.32 Å². The molecule has 2 aliphatic heterocycles. The molecule has 0 bridgehead atoms. The van der Waals surface area contributed by atoms with Crippen LogP contribution in [-0.4, -0.2) is 53.1 Å². The van der Waals surface area contributed by atoms with Crippen molar-refractivity contribution in [3.05, 3.63) is 0 Å². The SMILES string of the molecule is O=C1CSC(=O)N1N1CCNCC1. The van der Waals surface area contributed by atoms with Crippen LogP contribution in [0.2, 0.25) is 0 Å². The van der Waals surface area contributed by atoms with Crippen LogP contribution in [0.25, 0.3) is 0 Å². The van der Waals surface area contributed by atoms with Gasteiger partial charge in [0.1, 0.15) is 0 Å². The summed E-state index contributed by atoms with van der Waals surface area (Å²) in [7, 11) is 0. The van der Waals surface area contributed by atoms with Gasteiger partial charge in [-0.3, -0.25) is 9.59 Å². The summed E-state index contributed by atoms with van der Waals surface area (Å²) in [5.41, 5.74) is 0. The van der Waals surface area contributed by atoms with Crippen LogP contribution in [0.4, 0.5) is 4.79 Å². The zero-order valence-electron chi connectivity index (χ0n) is 7.15. The molecule has 2 aliphatic rings. The van der Waals surface area contributed by atoms with E-state index in [2.05, 4.69) is 5.32 Å². The molecule has 0 unspecified atom stereocenters. The normalized spacial score (nSPS) is 25.7. The summed E-state index contributed by atoms with van der Waals surface area (Å²) in [4.78, 5) is 22.6. The number of rotatable bonds is 1. The molecule has 0 aromatic carbocycles. The molecule has 6 heteroatoms. The minimum Gasteiger partial charge on any atom is -0.314 e. The maximum atomic E-state index is 11.3. The van der Waals surface area contributed by atoms with Gasteiger partial charge in [0.05, 0.1) is 5.75 Å². The van der Waals surface area contributed by atoms with E-state index >= 15 is 0 Å². The molecular weight excluding hydrogens is 190 g/mol. The number of imide groups is 1. The Labute approximate surface area is 80.4 Å². The lowest BCUT2D eigenvalue weighted by atomic mass is 10.4. The summed E-state index contributed by atoms with van der Waals surface area (Å²) < 4.78 is 0. The first kappa shape index (κ1) is 8.98. The first-order chi connectivity index (χ1) is 6.29. The van der Waals surface area contributed by atoms with Gasteiger partial charge in [0.15, 0.2) is 0 Å². The maximum Gasteiger partial charge on any atom is 0.303 e. The van der Waals surface area contributed by atoms with Crippen molar-refractivity contribution in [2.24, 2.45) is 0 Å². The molecule has 0 spiro atoms. The zero-order chi connectivity index (χ0) is 9.26. The number of carbonyl (C=O) groups is 2. The number of hydrogen-bond acceptors (Lipinski definition) is 5. The van der Waals surface area contributed by atoms with Crippen LogP contribution in [-0.2, 0) is 4.79 Å². The monoisotopic (exact) mass is 201 g/mol. The fourth-order valence-electron chi connectivity index (χ4n) is 1.47. The van der Waals surface area contributed by atoms with Crippen LogP contribution in [0.1, 0.15) is 0 Å². The summed E-state index contributed by atoms with van der Waals surface area (Å²) in [5.74, 6) is 0.208. The van der Waals surface area contributed by atoms with Gasteiger partial charge in [-0.15, -0.1) is 0 Å². The van der Waals surface area contributed by atoms with Crippen molar-refractivity contribution < 1.29 is 9.59 Å². The van der Waals surface area contributed by atoms with Crippen molar-refractivity contribution >= 4 is 22.9 Å². The molecule has 0 aromatic rings. The smallest absolute Gasteiger partial charge is 0.303 e. The van der Waals surface area contributed by atoms with Crippen molar-refractivity contribution in [3.8, 4) is 0 Å². The Balaban J connectivity index is 2.05. The molecular formula is C7H11N3O2S. The van der Waals surface area contributed by atoms with Crippen LogP contribution >= 0.6 is 11.8 Å². The third-order valence-electron chi connectivity index (χ3n) is 2.10. The predicted molar refractivity (Wildman–Crippen MR) is 49.1 cm³/mol. The molecule has 2 fully saturated rings. The van der Waals surface area contributed by atoms with Gasteiger partial charge in [-0.2, -0.15) is 5.01 Å². The molecule has 0 aromatic heterocycles. The molecule has 0 aliphatic carbocycles. The van der Waals surface area contributed by atoms with Crippen molar-refractivity contribution in [1.29, 1.82) is 0 Å². The number of hydrazine groups is 1. The molecule has 2 saturated heterocycles. The number of carbonyl (C=O) groups excluding carboxylic acids is 2. The fraction of sp³-hybridized carbons (Fsp3) is 0.714. The first-order valence-electron chi connectivity index (χ1n) is 4.24. The first-order valence-corrected chi connectivity index (χ1v) is 5.23. The highest BCUT2D eigenvalue weighted by Crippen LogP contribution is 2.20. The van der Waals surface area contributed by atoms with Crippen molar-refractivity contribution in [1.82, 2.24) is 15.3 Å². The third-order valence-corrected chi connectivity index (χ3v) is 2.92. The largest absolute Gasteiger partial charge is 0.314 e. The number of piperazine rings is 1.